The van der Waals surface area contributed by atoms with Gasteiger partial charge in [-0.2, -0.15) is 4.98 Å². The highest BCUT2D eigenvalue weighted by atomic mass is 16.5. The molecule has 1 aromatic carbocycles. The minimum atomic E-state index is -0.0370. The monoisotopic (exact) mass is 285 g/mol. The first kappa shape index (κ1) is 15.3. The number of aromatic nitrogens is 2. The molecule has 1 aromatic heterocycles. The van der Waals surface area contributed by atoms with Gasteiger partial charge in [-0.1, -0.05) is 37.3 Å². The summed E-state index contributed by atoms with van der Waals surface area (Å²) in [4.78, 5) is 8.99. The molecule has 0 aliphatic heterocycles. The van der Waals surface area contributed by atoms with Crippen molar-refractivity contribution in [1.82, 2.24) is 9.97 Å². The number of nitrogens with zero attached hydrogens (tertiary/aromatic N) is 2. The minimum Gasteiger partial charge on any atom is -0.470 e. The predicted octanol–water partition coefficient (Wildman–Crippen LogP) is 4.00. The van der Waals surface area contributed by atoms with Crippen molar-refractivity contribution in [3.63, 3.8) is 0 Å². The van der Waals surface area contributed by atoms with E-state index >= 15 is 0 Å². The summed E-state index contributed by atoms with van der Waals surface area (Å²) < 4.78 is 5.98. The molecule has 0 saturated carbocycles. The molecule has 1 N–H and O–H groups in total. The van der Waals surface area contributed by atoms with Gasteiger partial charge >= 0.3 is 0 Å². The van der Waals surface area contributed by atoms with Crippen molar-refractivity contribution in [1.29, 1.82) is 0 Å². The summed E-state index contributed by atoms with van der Waals surface area (Å²) in [5.41, 5.74) is 1.14. The van der Waals surface area contributed by atoms with Crippen molar-refractivity contribution in [2.45, 2.75) is 39.7 Å². The van der Waals surface area contributed by atoms with Crippen LogP contribution in [0.25, 0.3) is 0 Å². The van der Waals surface area contributed by atoms with E-state index in [-0.39, 0.29) is 6.10 Å². The largest absolute Gasteiger partial charge is 0.470 e. The number of hydrogen-bond donors (Lipinski definition) is 1. The van der Waals surface area contributed by atoms with Gasteiger partial charge in [-0.05, 0) is 25.8 Å². The van der Waals surface area contributed by atoms with Crippen molar-refractivity contribution in [2.24, 2.45) is 0 Å². The molecule has 1 heterocycles. The maximum Gasteiger partial charge on any atom is 0.219 e. The number of anilines is 1. The van der Waals surface area contributed by atoms with Crippen LogP contribution in [0.5, 0.6) is 5.88 Å². The molecule has 2 aromatic rings. The quantitative estimate of drug-likeness (QED) is 0.835. The van der Waals surface area contributed by atoms with E-state index in [4.69, 9.17) is 4.74 Å². The predicted molar refractivity (Wildman–Crippen MR) is 85.7 cm³/mol. The van der Waals surface area contributed by atoms with Crippen molar-refractivity contribution < 1.29 is 4.74 Å². The number of hydrogen-bond acceptors (Lipinski definition) is 4. The van der Waals surface area contributed by atoms with Gasteiger partial charge in [0, 0.05) is 19.0 Å². The highest BCUT2D eigenvalue weighted by molar-refractivity contribution is 5.38. The summed E-state index contributed by atoms with van der Waals surface area (Å²) in [6, 6.07) is 12.0. The molecule has 1 atom stereocenters. The highest BCUT2D eigenvalue weighted by Gasteiger charge is 2.10. The molecule has 4 heteroatoms. The fourth-order valence-corrected chi connectivity index (χ4v) is 2.11. The zero-order valence-electron chi connectivity index (χ0n) is 13.0. The average molecular weight is 285 g/mol. The molecule has 0 aliphatic rings. The van der Waals surface area contributed by atoms with E-state index in [2.05, 4.69) is 41.3 Å². The summed E-state index contributed by atoms with van der Waals surface area (Å²) in [5, 5.41) is 3.23. The average Bonchev–Trinajstić information content (AvgIpc) is 2.48. The van der Waals surface area contributed by atoms with Crippen LogP contribution in [0.1, 0.15) is 44.7 Å². The van der Waals surface area contributed by atoms with Crippen LogP contribution in [0, 0.1) is 0 Å². The van der Waals surface area contributed by atoms with Gasteiger partial charge in [0.05, 0.1) is 0 Å². The van der Waals surface area contributed by atoms with Crippen LogP contribution < -0.4 is 10.1 Å². The van der Waals surface area contributed by atoms with Gasteiger partial charge in [0.25, 0.3) is 0 Å². The summed E-state index contributed by atoms with van der Waals surface area (Å²) in [6.07, 6.45) is 1.84. The molecule has 0 bridgehead atoms. The van der Waals surface area contributed by atoms with Crippen LogP contribution >= 0.6 is 0 Å². The van der Waals surface area contributed by atoms with E-state index in [9.17, 15) is 0 Å². The lowest BCUT2D eigenvalue weighted by molar-refractivity contribution is 0.216. The molecular formula is C17H23N3O. The Labute approximate surface area is 126 Å². The van der Waals surface area contributed by atoms with Crippen molar-refractivity contribution in [3.05, 3.63) is 47.8 Å². The Bertz CT molecular complexity index is 533. The SMILES string of the molecule is CCCc1nc(NCC)cc(OC(C)c2ccccc2)n1. The van der Waals surface area contributed by atoms with Gasteiger partial charge < -0.3 is 10.1 Å². The molecule has 1 unspecified atom stereocenters. The van der Waals surface area contributed by atoms with E-state index in [0.29, 0.717) is 5.88 Å². The summed E-state index contributed by atoms with van der Waals surface area (Å²) in [6.45, 7) is 7.03. The lowest BCUT2D eigenvalue weighted by Gasteiger charge is -2.15. The topological polar surface area (TPSA) is 47.0 Å². The Morgan fingerprint density at radius 1 is 1.14 bits per heavy atom. The number of ether oxygens (including phenoxy) is 1. The van der Waals surface area contributed by atoms with Crippen molar-refractivity contribution >= 4 is 5.82 Å². The molecule has 4 nitrogen and oxygen atoms in total. The second kappa shape index (κ2) is 7.62. The fraction of sp³-hybridized carbons (Fsp3) is 0.412. The third kappa shape index (κ3) is 4.45. The minimum absolute atomic E-state index is 0.0370. The van der Waals surface area contributed by atoms with Crippen LogP contribution in [0.2, 0.25) is 0 Å². The molecule has 0 radical (unpaired) electrons. The van der Waals surface area contributed by atoms with Crippen LogP contribution in [0.15, 0.2) is 36.4 Å². The van der Waals surface area contributed by atoms with Crippen LogP contribution in [-0.2, 0) is 6.42 Å². The van der Waals surface area contributed by atoms with Crippen LogP contribution in [-0.4, -0.2) is 16.5 Å². The summed E-state index contributed by atoms with van der Waals surface area (Å²) in [7, 11) is 0. The van der Waals surface area contributed by atoms with E-state index in [0.717, 1.165) is 36.6 Å². The molecule has 2 rings (SSSR count). The smallest absolute Gasteiger partial charge is 0.219 e. The number of aryl methyl sites for hydroxylation is 1. The standard InChI is InChI=1S/C17H23N3O/c1-4-9-15-19-16(18-5-2)12-17(20-15)21-13(3)14-10-7-6-8-11-14/h6-8,10-13H,4-5,9H2,1-3H3,(H,18,19,20). The van der Waals surface area contributed by atoms with E-state index in [1.165, 1.54) is 0 Å². The fourth-order valence-electron chi connectivity index (χ4n) is 2.11. The van der Waals surface area contributed by atoms with Crippen molar-refractivity contribution in [3.8, 4) is 5.88 Å². The second-order valence-corrected chi connectivity index (χ2v) is 4.96. The number of rotatable bonds is 7. The maximum atomic E-state index is 5.98. The van der Waals surface area contributed by atoms with Crippen molar-refractivity contribution in [2.75, 3.05) is 11.9 Å². The molecule has 0 fully saturated rings. The summed E-state index contributed by atoms with van der Waals surface area (Å²) >= 11 is 0. The zero-order chi connectivity index (χ0) is 15.1. The number of nitrogens with one attached hydrogen (secondary N) is 1. The van der Waals surface area contributed by atoms with Gasteiger partial charge in [0.1, 0.15) is 17.7 Å². The first-order chi connectivity index (χ1) is 10.2. The summed E-state index contributed by atoms with van der Waals surface area (Å²) in [5.74, 6) is 2.28. The van der Waals surface area contributed by atoms with Crippen LogP contribution in [0.4, 0.5) is 5.82 Å². The lowest BCUT2D eigenvalue weighted by atomic mass is 10.1. The number of benzene rings is 1. The highest BCUT2D eigenvalue weighted by Crippen LogP contribution is 2.22. The first-order valence-electron chi connectivity index (χ1n) is 7.56. The van der Waals surface area contributed by atoms with Gasteiger partial charge in [-0.3, -0.25) is 0 Å². The normalized spacial score (nSPS) is 12.0. The molecule has 0 amide bonds. The molecular weight excluding hydrogens is 262 g/mol. The zero-order valence-corrected chi connectivity index (χ0v) is 13.0. The maximum absolute atomic E-state index is 5.98. The Kier molecular flexibility index (Phi) is 5.55. The van der Waals surface area contributed by atoms with Gasteiger partial charge in [0.15, 0.2) is 0 Å². The Morgan fingerprint density at radius 2 is 1.90 bits per heavy atom. The van der Waals surface area contributed by atoms with E-state index in [1.54, 1.807) is 0 Å². The third-order valence-corrected chi connectivity index (χ3v) is 3.15. The second-order valence-electron chi connectivity index (χ2n) is 4.96. The van der Waals surface area contributed by atoms with E-state index in [1.807, 2.05) is 31.2 Å². The first-order valence-corrected chi connectivity index (χ1v) is 7.56. The lowest BCUT2D eigenvalue weighted by Crippen LogP contribution is -2.08. The van der Waals surface area contributed by atoms with Gasteiger partial charge in [0.2, 0.25) is 5.88 Å². The Hall–Kier alpha value is -2.10. The van der Waals surface area contributed by atoms with Gasteiger partial charge in [-0.15, -0.1) is 0 Å². The molecule has 112 valence electrons. The van der Waals surface area contributed by atoms with Crippen LogP contribution in [0.3, 0.4) is 0 Å². The molecule has 0 aliphatic carbocycles. The Balaban J connectivity index is 2.18. The van der Waals surface area contributed by atoms with E-state index < -0.39 is 0 Å². The molecule has 21 heavy (non-hydrogen) atoms. The van der Waals surface area contributed by atoms with Gasteiger partial charge in [-0.25, -0.2) is 4.98 Å². The molecule has 0 saturated heterocycles. The Morgan fingerprint density at radius 3 is 2.57 bits per heavy atom. The third-order valence-electron chi connectivity index (χ3n) is 3.15. The molecule has 0 spiro atoms.